The average molecular weight is 367 g/mol. The fourth-order valence-electron chi connectivity index (χ4n) is 3.70. The van der Waals surface area contributed by atoms with E-state index in [4.69, 9.17) is 4.74 Å². The van der Waals surface area contributed by atoms with E-state index in [-0.39, 0.29) is 18.3 Å². The smallest absolute Gasteiger partial charge is 0.224 e. The molecule has 1 aliphatic heterocycles. The van der Waals surface area contributed by atoms with Crippen LogP contribution < -0.4 is 10.6 Å². The molecule has 1 amide bonds. The van der Waals surface area contributed by atoms with Gasteiger partial charge in [-0.25, -0.2) is 0 Å². The van der Waals surface area contributed by atoms with Crippen molar-refractivity contribution in [1.82, 2.24) is 5.32 Å². The SMILES string of the molecule is Cl.O=C(CCC1CCNC1)Nc1cccc(COC2CCCCC2)c1. The molecule has 1 saturated heterocycles. The Bertz CT molecular complexity index is 526. The number of ether oxygens (including phenoxy) is 1. The fraction of sp³-hybridized carbons (Fsp3) is 0.650. The summed E-state index contributed by atoms with van der Waals surface area (Å²) >= 11 is 0. The average Bonchev–Trinajstić information content (AvgIpc) is 3.13. The fourth-order valence-corrected chi connectivity index (χ4v) is 3.70. The summed E-state index contributed by atoms with van der Waals surface area (Å²) in [5.41, 5.74) is 2.02. The van der Waals surface area contributed by atoms with Gasteiger partial charge in [0.05, 0.1) is 12.7 Å². The summed E-state index contributed by atoms with van der Waals surface area (Å²) in [5.74, 6) is 0.776. The predicted molar refractivity (Wildman–Crippen MR) is 104 cm³/mol. The summed E-state index contributed by atoms with van der Waals surface area (Å²) in [6.07, 6.45) is 9.49. The first-order valence-corrected chi connectivity index (χ1v) is 9.51. The van der Waals surface area contributed by atoms with E-state index in [0.717, 1.165) is 30.8 Å². The molecule has 4 nitrogen and oxygen atoms in total. The summed E-state index contributed by atoms with van der Waals surface area (Å²) in [5, 5.41) is 6.38. The number of carbonyl (C=O) groups excluding carboxylic acids is 1. The Balaban J connectivity index is 0.00000225. The highest BCUT2D eigenvalue weighted by molar-refractivity contribution is 5.90. The number of anilines is 1. The van der Waals surface area contributed by atoms with Gasteiger partial charge >= 0.3 is 0 Å². The summed E-state index contributed by atoms with van der Waals surface area (Å²) in [7, 11) is 0. The third-order valence-corrected chi connectivity index (χ3v) is 5.19. The lowest BCUT2D eigenvalue weighted by Gasteiger charge is -2.22. The van der Waals surface area contributed by atoms with Crippen molar-refractivity contribution in [2.45, 2.75) is 64.1 Å². The van der Waals surface area contributed by atoms with Gasteiger partial charge in [-0.1, -0.05) is 31.4 Å². The third kappa shape index (κ3) is 6.96. The number of carbonyl (C=O) groups is 1. The van der Waals surface area contributed by atoms with Crippen LogP contribution in [-0.4, -0.2) is 25.1 Å². The van der Waals surface area contributed by atoms with Gasteiger partial charge in [-0.2, -0.15) is 0 Å². The number of hydrogen-bond donors (Lipinski definition) is 2. The highest BCUT2D eigenvalue weighted by Gasteiger charge is 2.16. The third-order valence-electron chi connectivity index (χ3n) is 5.19. The van der Waals surface area contributed by atoms with Crippen LogP contribution in [0.5, 0.6) is 0 Å². The summed E-state index contributed by atoms with van der Waals surface area (Å²) < 4.78 is 6.02. The summed E-state index contributed by atoms with van der Waals surface area (Å²) in [6.45, 7) is 2.79. The maximum atomic E-state index is 12.1. The van der Waals surface area contributed by atoms with Crippen LogP contribution in [-0.2, 0) is 16.1 Å². The van der Waals surface area contributed by atoms with Crippen LogP contribution >= 0.6 is 12.4 Å². The zero-order chi connectivity index (χ0) is 16.6. The molecule has 0 spiro atoms. The lowest BCUT2D eigenvalue weighted by molar-refractivity contribution is -0.116. The van der Waals surface area contributed by atoms with Gasteiger partial charge in [0.1, 0.15) is 0 Å². The number of nitrogens with one attached hydrogen (secondary N) is 2. The van der Waals surface area contributed by atoms with E-state index < -0.39 is 0 Å². The molecule has 1 heterocycles. The molecule has 0 radical (unpaired) electrons. The molecule has 5 heteroatoms. The molecule has 3 rings (SSSR count). The maximum absolute atomic E-state index is 12.1. The normalized spacial score (nSPS) is 20.9. The van der Waals surface area contributed by atoms with Crippen LogP contribution in [0.4, 0.5) is 5.69 Å². The van der Waals surface area contributed by atoms with E-state index in [0.29, 0.717) is 25.0 Å². The molecule has 1 atom stereocenters. The molecule has 0 aromatic heterocycles. The van der Waals surface area contributed by atoms with Crippen molar-refractivity contribution in [2.24, 2.45) is 5.92 Å². The quantitative estimate of drug-likeness (QED) is 0.757. The molecule has 1 aliphatic carbocycles. The van der Waals surface area contributed by atoms with Gasteiger partial charge in [-0.15, -0.1) is 12.4 Å². The molecule has 2 aliphatic rings. The van der Waals surface area contributed by atoms with Gasteiger partial charge < -0.3 is 15.4 Å². The van der Waals surface area contributed by atoms with Crippen molar-refractivity contribution in [2.75, 3.05) is 18.4 Å². The number of rotatable bonds is 7. The van der Waals surface area contributed by atoms with Gasteiger partial charge in [0.2, 0.25) is 5.91 Å². The molecular formula is C20H31ClN2O2. The first-order valence-electron chi connectivity index (χ1n) is 9.51. The molecular weight excluding hydrogens is 336 g/mol. The van der Waals surface area contributed by atoms with Crippen LogP contribution in [0.3, 0.4) is 0 Å². The van der Waals surface area contributed by atoms with Crippen molar-refractivity contribution in [3.05, 3.63) is 29.8 Å². The largest absolute Gasteiger partial charge is 0.374 e. The van der Waals surface area contributed by atoms with E-state index in [1.165, 1.54) is 38.5 Å². The van der Waals surface area contributed by atoms with Crippen molar-refractivity contribution in [1.29, 1.82) is 0 Å². The highest BCUT2D eigenvalue weighted by atomic mass is 35.5. The van der Waals surface area contributed by atoms with Crippen LogP contribution in [0.15, 0.2) is 24.3 Å². The molecule has 1 saturated carbocycles. The molecule has 2 N–H and O–H groups in total. The first kappa shape index (κ1) is 20.2. The predicted octanol–water partition coefficient (Wildman–Crippen LogP) is 4.29. The highest BCUT2D eigenvalue weighted by Crippen LogP contribution is 2.22. The van der Waals surface area contributed by atoms with Crippen LogP contribution in [0.25, 0.3) is 0 Å². The molecule has 25 heavy (non-hydrogen) atoms. The van der Waals surface area contributed by atoms with E-state index in [1.807, 2.05) is 18.2 Å². The number of amides is 1. The van der Waals surface area contributed by atoms with Crippen LogP contribution in [0.1, 0.15) is 56.9 Å². The number of benzene rings is 1. The molecule has 1 aromatic carbocycles. The van der Waals surface area contributed by atoms with E-state index >= 15 is 0 Å². The topological polar surface area (TPSA) is 50.4 Å². The first-order chi connectivity index (χ1) is 11.8. The lowest BCUT2D eigenvalue weighted by Crippen LogP contribution is -2.16. The summed E-state index contributed by atoms with van der Waals surface area (Å²) in [6, 6.07) is 8.07. The maximum Gasteiger partial charge on any atom is 0.224 e. The molecule has 140 valence electrons. The number of halogens is 1. The van der Waals surface area contributed by atoms with E-state index in [9.17, 15) is 4.79 Å². The van der Waals surface area contributed by atoms with Gasteiger partial charge in [-0.05, 0) is 62.4 Å². The minimum atomic E-state index is 0. The minimum Gasteiger partial charge on any atom is -0.374 e. The van der Waals surface area contributed by atoms with Gasteiger partial charge in [0.15, 0.2) is 0 Å². The zero-order valence-corrected chi connectivity index (χ0v) is 15.8. The van der Waals surface area contributed by atoms with Gasteiger partial charge in [0, 0.05) is 12.1 Å². The van der Waals surface area contributed by atoms with Crippen molar-refractivity contribution in [3.63, 3.8) is 0 Å². The van der Waals surface area contributed by atoms with Gasteiger partial charge in [-0.3, -0.25) is 4.79 Å². The Morgan fingerprint density at radius 1 is 1.20 bits per heavy atom. The van der Waals surface area contributed by atoms with Gasteiger partial charge in [0.25, 0.3) is 0 Å². The Kier molecular flexibility index (Phi) is 8.73. The Hall–Kier alpha value is -1.10. The van der Waals surface area contributed by atoms with Crippen molar-refractivity contribution < 1.29 is 9.53 Å². The Labute approximate surface area is 157 Å². The van der Waals surface area contributed by atoms with Crippen molar-refractivity contribution in [3.8, 4) is 0 Å². The molecule has 1 unspecified atom stereocenters. The lowest BCUT2D eigenvalue weighted by atomic mass is 9.98. The second-order valence-electron chi connectivity index (χ2n) is 7.22. The van der Waals surface area contributed by atoms with E-state index in [2.05, 4.69) is 16.7 Å². The van der Waals surface area contributed by atoms with Crippen LogP contribution in [0.2, 0.25) is 0 Å². The second-order valence-corrected chi connectivity index (χ2v) is 7.22. The number of hydrogen-bond acceptors (Lipinski definition) is 3. The summed E-state index contributed by atoms with van der Waals surface area (Å²) in [4.78, 5) is 12.1. The standard InChI is InChI=1S/C20H30N2O2.ClH/c23-20(10-9-16-11-12-21-14-16)22-18-6-4-5-17(13-18)15-24-19-7-2-1-3-8-19;/h4-6,13,16,19,21H,1-3,7-12,14-15H2,(H,22,23);1H. The Morgan fingerprint density at radius 2 is 2.04 bits per heavy atom. The van der Waals surface area contributed by atoms with Crippen LogP contribution in [0, 0.1) is 5.92 Å². The van der Waals surface area contributed by atoms with Crippen molar-refractivity contribution >= 4 is 24.0 Å². The van der Waals surface area contributed by atoms with E-state index in [1.54, 1.807) is 0 Å². The second kappa shape index (κ2) is 10.8. The minimum absolute atomic E-state index is 0. The Morgan fingerprint density at radius 3 is 2.80 bits per heavy atom. The monoisotopic (exact) mass is 366 g/mol. The zero-order valence-electron chi connectivity index (χ0n) is 15.0. The molecule has 2 fully saturated rings. The molecule has 1 aromatic rings. The molecule has 0 bridgehead atoms.